The van der Waals surface area contributed by atoms with E-state index in [9.17, 15) is 4.79 Å². The molecule has 1 saturated heterocycles. The van der Waals surface area contributed by atoms with E-state index in [1.165, 1.54) is 0 Å². The second-order valence-corrected chi connectivity index (χ2v) is 5.37. The Morgan fingerprint density at radius 2 is 1.90 bits per heavy atom. The Labute approximate surface area is 123 Å². The third-order valence-electron chi connectivity index (χ3n) is 4.42. The highest BCUT2D eigenvalue weighted by Gasteiger charge is 2.53. The molecule has 1 fully saturated rings. The topological polar surface area (TPSA) is 41.6 Å². The first kappa shape index (κ1) is 12.4. The fourth-order valence-corrected chi connectivity index (χ4v) is 3.48. The SMILES string of the molecule is COc1ccc([C@]23NCCN2C(=O)c2ccccc23)cc1. The minimum absolute atomic E-state index is 0.103. The van der Waals surface area contributed by atoms with Gasteiger partial charge in [-0.3, -0.25) is 10.1 Å². The van der Waals surface area contributed by atoms with Crippen LogP contribution in [0, 0.1) is 0 Å². The molecule has 0 unspecified atom stereocenters. The minimum atomic E-state index is -0.528. The van der Waals surface area contributed by atoms with Crippen LogP contribution in [0.25, 0.3) is 0 Å². The molecule has 2 heterocycles. The van der Waals surface area contributed by atoms with Crippen LogP contribution < -0.4 is 10.1 Å². The Morgan fingerprint density at radius 1 is 1.14 bits per heavy atom. The van der Waals surface area contributed by atoms with Crippen molar-refractivity contribution in [3.05, 3.63) is 65.2 Å². The lowest BCUT2D eigenvalue weighted by Crippen LogP contribution is -2.46. The zero-order chi connectivity index (χ0) is 14.4. The molecule has 0 bridgehead atoms. The molecule has 0 spiro atoms. The van der Waals surface area contributed by atoms with Crippen LogP contribution >= 0.6 is 0 Å². The maximum Gasteiger partial charge on any atom is 0.256 e. The van der Waals surface area contributed by atoms with Crippen LogP contribution in [-0.2, 0) is 5.66 Å². The molecule has 1 atom stereocenters. The summed E-state index contributed by atoms with van der Waals surface area (Å²) in [6, 6.07) is 15.8. The molecule has 2 aromatic carbocycles. The van der Waals surface area contributed by atoms with Gasteiger partial charge < -0.3 is 9.64 Å². The summed E-state index contributed by atoms with van der Waals surface area (Å²) in [5.74, 6) is 0.920. The van der Waals surface area contributed by atoms with Crippen LogP contribution in [0.5, 0.6) is 5.75 Å². The van der Waals surface area contributed by atoms with E-state index in [2.05, 4.69) is 5.32 Å². The summed E-state index contributed by atoms with van der Waals surface area (Å²) >= 11 is 0. The van der Waals surface area contributed by atoms with E-state index in [0.717, 1.165) is 35.5 Å². The number of amides is 1. The predicted octanol–water partition coefficient (Wildman–Crippen LogP) is 1.96. The maximum atomic E-state index is 12.6. The number of benzene rings is 2. The van der Waals surface area contributed by atoms with E-state index in [4.69, 9.17) is 4.74 Å². The Morgan fingerprint density at radius 3 is 2.67 bits per heavy atom. The summed E-state index contributed by atoms with van der Waals surface area (Å²) in [7, 11) is 1.65. The molecule has 0 aromatic heterocycles. The number of hydrogen-bond donors (Lipinski definition) is 1. The van der Waals surface area contributed by atoms with Crippen LogP contribution in [0.3, 0.4) is 0 Å². The molecule has 4 nitrogen and oxygen atoms in total. The second kappa shape index (κ2) is 4.33. The van der Waals surface area contributed by atoms with E-state index < -0.39 is 5.66 Å². The van der Waals surface area contributed by atoms with Crippen LogP contribution in [-0.4, -0.2) is 31.0 Å². The quantitative estimate of drug-likeness (QED) is 0.914. The van der Waals surface area contributed by atoms with E-state index in [1.54, 1.807) is 7.11 Å². The summed E-state index contributed by atoms with van der Waals surface area (Å²) in [6.45, 7) is 1.52. The van der Waals surface area contributed by atoms with Gasteiger partial charge in [-0.05, 0) is 23.8 Å². The summed E-state index contributed by atoms with van der Waals surface area (Å²) < 4.78 is 5.23. The van der Waals surface area contributed by atoms with Crippen molar-refractivity contribution in [3.63, 3.8) is 0 Å². The molecule has 4 rings (SSSR count). The highest BCUT2D eigenvalue weighted by atomic mass is 16.5. The Balaban J connectivity index is 1.93. The van der Waals surface area contributed by atoms with Crippen molar-refractivity contribution in [1.29, 1.82) is 0 Å². The summed E-state index contributed by atoms with van der Waals surface area (Å²) in [4.78, 5) is 14.6. The number of nitrogens with one attached hydrogen (secondary N) is 1. The molecule has 0 saturated carbocycles. The van der Waals surface area contributed by atoms with Gasteiger partial charge in [0.2, 0.25) is 0 Å². The van der Waals surface area contributed by atoms with Crippen LogP contribution in [0.4, 0.5) is 0 Å². The van der Waals surface area contributed by atoms with Gasteiger partial charge in [-0.1, -0.05) is 30.3 Å². The molecule has 0 aliphatic carbocycles. The third kappa shape index (κ3) is 1.51. The summed E-state index contributed by atoms with van der Waals surface area (Å²) in [5, 5.41) is 3.54. The first-order valence-corrected chi connectivity index (χ1v) is 7.08. The smallest absolute Gasteiger partial charge is 0.256 e. The summed E-state index contributed by atoms with van der Waals surface area (Å²) in [6.07, 6.45) is 0. The van der Waals surface area contributed by atoms with E-state index >= 15 is 0 Å². The number of rotatable bonds is 2. The van der Waals surface area contributed by atoms with Crippen molar-refractivity contribution in [2.75, 3.05) is 20.2 Å². The van der Waals surface area contributed by atoms with Crippen molar-refractivity contribution < 1.29 is 9.53 Å². The third-order valence-corrected chi connectivity index (χ3v) is 4.42. The molecule has 106 valence electrons. The van der Waals surface area contributed by atoms with Crippen molar-refractivity contribution in [2.24, 2.45) is 0 Å². The number of carbonyl (C=O) groups excluding carboxylic acids is 1. The van der Waals surface area contributed by atoms with Crippen molar-refractivity contribution >= 4 is 5.91 Å². The van der Waals surface area contributed by atoms with E-state index in [0.29, 0.717) is 0 Å². The van der Waals surface area contributed by atoms with Gasteiger partial charge in [0.1, 0.15) is 11.4 Å². The molecular formula is C17H16N2O2. The molecule has 2 aliphatic rings. The standard InChI is InChI=1S/C17H16N2O2/c1-21-13-8-6-12(7-9-13)17-15-5-3-2-4-14(15)16(20)19(17)11-10-18-17/h2-9,18H,10-11H2,1H3/t17-/m0/s1. The minimum Gasteiger partial charge on any atom is -0.497 e. The Kier molecular flexibility index (Phi) is 2.56. The second-order valence-electron chi connectivity index (χ2n) is 5.37. The predicted molar refractivity (Wildman–Crippen MR) is 79.3 cm³/mol. The fraction of sp³-hybridized carbons (Fsp3) is 0.235. The molecule has 0 radical (unpaired) electrons. The van der Waals surface area contributed by atoms with Gasteiger partial charge in [-0.15, -0.1) is 0 Å². The average molecular weight is 280 g/mol. The largest absolute Gasteiger partial charge is 0.497 e. The molecule has 2 aliphatic heterocycles. The monoisotopic (exact) mass is 280 g/mol. The molecule has 1 amide bonds. The fourth-order valence-electron chi connectivity index (χ4n) is 3.48. The zero-order valence-corrected chi connectivity index (χ0v) is 11.8. The molecule has 1 N–H and O–H groups in total. The highest BCUT2D eigenvalue weighted by Crippen LogP contribution is 2.44. The summed E-state index contributed by atoms with van der Waals surface area (Å²) in [5.41, 5.74) is 2.37. The number of methoxy groups -OCH3 is 1. The molecule has 21 heavy (non-hydrogen) atoms. The number of ether oxygens (including phenoxy) is 1. The lowest BCUT2D eigenvalue weighted by Gasteiger charge is -2.33. The Hall–Kier alpha value is -2.33. The average Bonchev–Trinajstić information content (AvgIpc) is 3.08. The van der Waals surface area contributed by atoms with E-state index in [1.807, 2.05) is 53.4 Å². The van der Waals surface area contributed by atoms with Crippen LogP contribution in [0.2, 0.25) is 0 Å². The van der Waals surface area contributed by atoms with Gasteiger partial charge in [0.15, 0.2) is 0 Å². The number of nitrogens with zero attached hydrogens (tertiary/aromatic N) is 1. The number of fused-ring (bicyclic) bond motifs is 3. The zero-order valence-electron chi connectivity index (χ0n) is 11.8. The van der Waals surface area contributed by atoms with Gasteiger partial charge in [0, 0.05) is 24.2 Å². The normalized spacial score (nSPS) is 23.1. The first-order chi connectivity index (χ1) is 10.3. The van der Waals surface area contributed by atoms with Gasteiger partial charge in [-0.25, -0.2) is 0 Å². The lowest BCUT2D eigenvalue weighted by atomic mass is 9.91. The van der Waals surface area contributed by atoms with Crippen molar-refractivity contribution in [2.45, 2.75) is 5.66 Å². The molecule has 4 heteroatoms. The number of carbonyl (C=O) groups is 1. The number of hydrogen-bond acceptors (Lipinski definition) is 3. The van der Waals surface area contributed by atoms with Crippen LogP contribution in [0.15, 0.2) is 48.5 Å². The Bertz CT molecular complexity index is 711. The molecular weight excluding hydrogens is 264 g/mol. The van der Waals surface area contributed by atoms with Crippen LogP contribution in [0.1, 0.15) is 21.5 Å². The van der Waals surface area contributed by atoms with Crippen molar-refractivity contribution in [3.8, 4) is 5.75 Å². The van der Waals surface area contributed by atoms with Gasteiger partial charge >= 0.3 is 0 Å². The lowest BCUT2D eigenvalue weighted by molar-refractivity contribution is 0.0694. The van der Waals surface area contributed by atoms with Gasteiger partial charge in [-0.2, -0.15) is 0 Å². The maximum absolute atomic E-state index is 12.6. The molecule has 2 aromatic rings. The van der Waals surface area contributed by atoms with E-state index in [-0.39, 0.29) is 5.91 Å². The highest BCUT2D eigenvalue weighted by molar-refractivity contribution is 6.01. The van der Waals surface area contributed by atoms with Gasteiger partial charge in [0.05, 0.1) is 7.11 Å². The van der Waals surface area contributed by atoms with Gasteiger partial charge in [0.25, 0.3) is 5.91 Å². The van der Waals surface area contributed by atoms with Crippen molar-refractivity contribution in [1.82, 2.24) is 10.2 Å². The first-order valence-electron chi connectivity index (χ1n) is 7.08.